The highest BCUT2D eigenvalue weighted by Gasteiger charge is 2.31. The molecule has 1 unspecified atom stereocenters. The van der Waals surface area contributed by atoms with E-state index in [1.165, 1.54) is 0 Å². The number of hydrogen-bond acceptors (Lipinski definition) is 4. The van der Waals surface area contributed by atoms with Gasteiger partial charge in [-0.05, 0) is 23.8 Å². The van der Waals surface area contributed by atoms with Crippen LogP contribution in [-0.2, 0) is 16.1 Å². The van der Waals surface area contributed by atoms with Gasteiger partial charge in [-0.1, -0.05) is 18.2 Å². The van der Waals surface area contributed by atoms with E-state index in [1.54, 1.807) is 24.2 Å². The third kappa shape index (κ3) is 3.90. The lowest BCUT2D eigenvalue weighted by Gasteiger charge is -2.11. The summed E-state index contributed by atoms with van der Waals surface area (Å²) in [6.07, 6.45) is 1.92. The highest BCUT2D eigenvalue weighted by atomic mass is 16.5. The van der Waals surface area contributed by atoms with Gasteiger partial charge >= 0.3 is 0 Å². The minimum atomic E-state index is -0.274. The number of rotatable bonds is 5. The van der Waals surface area contributed by atoms with Crippen molar-refractivity contribution in [2.24, 2.45) is 5.92 Å². The number of carbonyl (C=O) groups is 2. The molecule has 124 valence electrons. The van der Waals surface area contributed by atoms with Crippen LogP contribution in [0.25, 0.3) is 0 Å². The van der Waals surface area contributed by atoms with E-state index in [2.05, 4.69) is 10.3 Å². The molecule has 2 amide bonds. The Bertz CT molecular complexity index is 733. The molecule has 1 aliphatic rings. The van der Waals surface area contributed by atoms with Crippen LogP contribution in [-0.4, -0.2) is 35.3 Å². The zero-order valence-corrected chi connectivity index (χ0v) is 13.4. The first-order valence-corrected chi connectivity index (χ1v) is 7.81. The zero-order valence-electron chi connectivity index (χ0n) is 13.4. The molecule has 1 saturated heterocycles. The number of benzene rings is 1. The molecular formula is C18H19N3O3. The Hall–Kier alpha value is -2.89. The summed E-state index contributed by atoms with van der Waals surface area (Å²) in [5.74, 6) is 0.819. The fourth-order valence-electron chi connectivity index (χ4n) is 2.60. The van der Waals surface area contributed by atoms with Crippen LogP contribution in [0.5, 0.6) is 11.6 Å². The van der Waals surface area contributed by atoms with Gasteiger partial charge in [-0.15, -0.1) is 0 Å². The van der Waals surface area contributed by atoms with Gasteiger partial charge in [-0.3, -0.25) is 9.59 Å². The van der Waals surface area contributed by atoms with Crippen molar-refractivity contribution in [1.29, 1.82) is 0 Å². The highest BCUT2D eigenvalue weighted by molar-refractivity contribution is 5.89. The first kappa shape index (κ1) is 16.0. The predicted octanol–water partition coefficient (Wildman–Crippen LogP) is 1.97. The van der Waals surface area contributed by atoms with Crippen molar-refractivity contribution >= 4 is 11.8 Å². The summed E-state index contributed by atoms with van der Waals surface area (Å²) in [5, 5.41) is 2.87. The van der Waals surface area contributed by atoms with Crippen molar-refractivity contribution in [3.05, 3.63) is 54.2 Å². The van der Waals surface area contributed by atoms with Gasteiger partial charge in [0.25, 0.3) is 0 Å². The maximum absolute atomic E-state index is 12.1. The number of ether oxygens (including phenoxy) is 1. The van der Waals surface area contributed by atoms with Crippen LogP contribution < -0.4 is 10.1 Å². The molecule has 0 spiro atoms. The van der Waals surface area contributed by atoms with Crippen LogP contribution in [0.1, 0.15) is 12.0 Å². The summed E-state index contributed by atoms with van der Waals surface area (Å²) < 4.78 is 5.68. The van der Waals surface area contributed by atoms with Crippen molar-refractivity contribution in [2.75, 3.05) is 13.6 Å². The van der Waals surface area contributed by atoms with Gasteiger partial charge in [0.2, 0.25) is 17.7 Å². The lowest BCUT2D eigenvalue weighted by molar-refractivity contribution is -0.128. The number of likely N-dealkylation sites (tertiary alicyclic amines) is 1. The van der Waals surface area contributed by atoms with Crippen molar-refractivity contribution in [3.8, 4) is 11.6 Å². The molecule has 0 bridgehead atoms. The Balaban J connectivity index is 1.57. The normalized spacial score (nSPS) is 17.0. The first-order chi connectivity index (χ1) is 11.6. The number of hydrogen-bond donors (Lipinski definition) is 1. The molecule has 0 saturated carbocycles. The van der Waals surface area contributed by atoms with Crippen molar-refractivity contribution in [3.63, 3.8) is 0 Å². The van der Waals surface area contributed by atoms with Crippen LogP contribution in [0.4, 0.5) is 0 Å². The standard InChI is InChI=1S/C18H19N3O3/c1-21-12-14(10-17(21)22)18(23)20-11-13-7-8-19-16(9-13)24-15-5-3-2-4-6-15/h2-9,14H,10-12H2,1H3,(H,20,23). The van der Waals surface area contributed by atoms with E-state index >= 15 is 0 Å². The van der Waals surface area contributed by atoms with Crippen LogP contribution in [0.15, 0.2) is 48.7 Å². The number of pyridine rings is 1. The molecule has 1 aromatic carbocycles. The molecule has 1 atom stereocenters. The minimum absolute atomic E-state index is 0.0117. The second-order valence-corrected chi connectivity index (χ2v) is 5.81. The van der Waals surface area contributed by atoms with Gasteiger partial charge in [-0.2, -0.15) is 0 Å². The summed E-state index contributed by atoms with van der Waals surface area (Å²) in [6.45, 7) is 0.851. The molecular weight excluding hydrogens is 306 g/mol. The number of carbonyl (C=O) groups excluding carboxylic acids is 2. The van der Waals surface area contributed by atoms with Crippen molar-refractivity contribution in [2.45, 2.75) is 13.0 Å². The van der Waals surface area contributed by atoms with Crippen LogP contribution in [0.2, 0.25) is 0 Å². The number of aromatic nitrogens is 1. The smallest absolute Gasteiger partial charge is 0.225 e. The molecule has 1 aliphatic heterocycles. The van der Waals surface area contributed by atoms with Gasteiger partial charge in [0.1, 0.15) is 5.75 Å². The number of nitrogens with one attached hydrogen (secondary N) is 1. The molecule has 6 heteroatoms. The van der Waals surface area contributed by atoms with Crippen LogP contribution in [0, 0.1) is 5.92 Å². The average molecular weight is 325 g/mol. The molecule has 0 aliphatic carbocycles. The Morgan fingerprint density at radius 3 is 2.83 bits per heavy atom. The monoisotopic (exact) mass is 325 g/mol. The lowest BCUT2D eigenvalue weighted by atomic mass is 10.1. The van der Waals surface area contributed by atoms with Crippen LogP contribution in [0.3, 0.4) is 0 Å². The van der Waals surface area contributed by atoms with Gasteiger partial charge in [0.05, 0.1) is 5.92 Å². The summed E-state index contributed by atoms with van der Waals surface area (Å²) >= 11 is 0. The molecule has 24 heavy (non-hydrogen) atoms. The van der Waals surface area contributed by atoms with E-state index in [0.29, 0.717) is 24.7 Å². The van der Waals surface area contributed by atoms with Crippen molar-refractivity contribution < 1.29 is 14.3 Å². The average Bonchev–Trinajstić information content (AvgIpc) is 2.93. The second kappa shape index (κ2) is 7.12. The van der Waals surface area contributed by atoms with Gasteiger partial charge < -0.3 is 15.0 Å². The van der Waals surface area contributed by atoms with E-state index in [9.17, 15) is 9.59 Å². The fourth-order valence-corrected chi connectivity index (χ4v) is 2.60. The molecule has 1 N–H and O–H groups in total. The Labute approximate surface area is 140 Å². The third-order valence-corrected chi connectivity index (χ3v) is 3.94. The zero-order chi connectivity index (χ0) is 16.9. The van der Waals surface area contributed by atoms with E-state index in [4.69, 9.17) is 4.74 Å². The second-order valence-electron chi connectivity index (χ2n) is 5.81. The Morgan fingerprint density at radius 1 is 1.33 bits per heavy atom. The minimum Gasteiger partial charge on any atom is -0.439 e. The van der Waals surface area contributed by atoms with E-state index in [0.717, 1.165) is 5.56 Å². The number of amides is 2. The summed E-state index contributed by atoms with van der Waals surface area (Å²) in [5.41, 5.74) is 0.891. The molecule has 3 rings (SSSR count). The quantitative estimate of drug-likeness (QED) is 0.912. The summed E-state index contributed by atoms with van der Waals surface area (Å²) in [7, 11) is 1.71. The largest absolute Gasteiger partial charge is 0.439 e. The number of para-hydroxylation sites is 1. The SMILES string of the molecule is CN1CC(C(=O)NCc2ccnc(Oc3ccccc3)c2)CC1=O. The molecule has 2 heterocycles. The third-order valence-electron chi connectivity index (χ3n) is 3.94. The Kier molecular flexibility index (Phi) is 4.74. The molecule has 1 aromatic heterocycles. The summed E-state index contributed by atoms with van der Waals surface area (Å²) in [4.78, 5) is 29.4. The molecule has 6 nitrogen and oxygen atoms in total. The number of nitrogens with zero attached hydrogens (tertiary/aromatic N) is 2. The molecule has 2 aromatic rings. The first-order valence-electron chi connectivity index (χ1n) is 7.81. The Morgan fingerprint density at radius 2 is 2.12 bits per heavy atom. The fraction of sp³-hybridized carbons (Fsp3) is 0.278. The highest BCUT2D eigenvalue weighted by Crippen LogP contribution is 2.20. The van der Waals surface area contributed by atoms with E-state index in [-0.39, 0.29) is 24.2 Å². The van der Waals surface area contributed by atoms with Gasteiger partial charge in [0, 0.05) is 38.8 Å². The lowest BCUT2D eigenvalue weighted by Crippen LogP contribution is -2.31. The molecule has 0 radical (unpaired) electrons. The van der Waals surface area contributed by atoms with Crippen molar-refractivity contribution in [1.82, 2.24) is 15.2 Å². The van der Waals surface area contributed by atoms with Gasteiger partial charge in [0.15, 0.2) is 0 Å². The van der Waals surface area contributed by atoms with Crippen LogP contribution >= 0.6 is 0 Å². The maximum Gasteiger partial charge on any atom is 0.225 e. The topological polar surface area (TPSA) is 71.5 Å². The van der Waals surface area contributed by atoms with Gasteiger partial charge in [-0.25, -0.2) is 4.98 Å². The predicted molar refractivity (Wildman–Crippen MR) is 88.3 cm³/mol. The maximum atomic E-state index is 12.1. The molecule has 1 fully saturated rings. The summed E-state index contributed by atoms with van der Waals surface area (Å²) in [6, 6.07) is 13.0. The van der Waals surface area contributed by atoms with E-state index in [1.807, 2.05) is 36.4 Å². The van der Waals surface area contributed by atoms with E-state index < -0.39 is 0 Å².